The summed E-state index contributed by atoms with van der Waals surface area (Å²) in [6.45, 7) is 0. The number of amides is 1. The van der Waals surface area contributed by atoms with Crippen LogP contribution in [-0.2, 0) is 0 Å². The van der Waals surface area contributed by atoms with E-state index in [9.17, 15) is 4.79 Å². The maximum absolute atomic E-state index is 11.7. The molecule has 0 aliphatic rings. The van der Waals surface area contributed by atoms with Gasteiger partial charge in [0.1, 0.15) is 0 Å². The van der Waals surface area contributed by atoms with Gasteiger partial charge in [0.2, 0.25) is 0 Å². The first-order valence-corrected chi connectivity index (χ1v) is 6.15. The Labute approximate surface area is 106 Å². The molecule has 2 N–H and O–H groups in total. The predicted molar refractivity (Wildman–Crippen MR) is 68.6 cm³/mol. The van der Waals surface area contributed by atoms with Crippen LogP contribution in [0.1, 0.15) is 10.6 Å². The highest BCUT2D eigenvalue weighted by Crippen LogP contribution is 2.23. The standard InChI is InChI=1S/C12H9N3O2S/c16-11(10-4-2-6-17-10)15-12-14-9(7-18-12)8-3-1-5-13-8/h1-7,13H,(H,14,15,16). The Morgan fingerprint density at radius 2 is 2.33 bits per heavy atom. The second-order valence-corrected chi connectivity index (χ2v) is 4.41. The van der Waals surface area contributed by atoms with Gasteiger partial charge >= 0.3 is 0 Å². The highest BCUT2D eigenvalue weighted by molar-refractivity contribution is 7.14. The normalized spacial score (nSPS) is 10.4. The first kappa shape index (κ1) is 10.8. The number of H-pyrrole nitrogens is 1. The average Bonchev–Trinajstić information content (AvgIpc) is 3.12. The molecule has 3 aromatic rings. The van der Waals surface area contributed by atoms with E-state index in [-0.39, 0.29) is 11.7 Å². The number of nitrogens with one attached hydrogen (secondary N) is 2. The Morgan fingerprint density at radius 1 is 1.39 bits per heavy atom. The number of anilines is 1. The Bertz CT molecular complexity index is 641. The number of thiazole rings is 1. The fourth-order valence-corrected chi connectivity index (χ4v) is 2.22. The molecule has 0 spiro atoms. The number of aromatic amines is 1. The Morgan fingerprint density at radius 3 is 3.06 bits per heavy atom. The molecule has 0 unspecified atom stereocenters. The molecule has 0 aromatic carbocycles. The van der Waals surface area contributed by atoms with Crippen LogP contribution >= 0.6 is 11.3 Å². The van der Waals surface area contributed by atoms with Crippen LogP contribution in [0.4, 0.5) is 5.13 Å². The number of furan rings is 1. The van der Waals surface area contributed by atoms with Crippen molar-refractivity contribution in [2.75, 3.05) is 5.32 Å². The molecule has 3 rings (SSSR count). The van der Waals surface area contributed by atoms with Gasteiger partial charge in [-0.1, -0.05) is 0 Å². The lowest BCUT2D eigenvalue weighted by Crippen LogP contribution is -2.10. The Balaban J connectivity index is 1.76. The molecule has 0 radical (unpaired) electrons. The summed E-state index contributed by atoms with van der Waals surface area (Å²) < 4.78 is 5.01. The average molecular weight is 259 g/mol. The van der Waals surface area contributed by atoms with Gasteiger partial charge in [-0.15, -0.1) is 11.3 Å². The van der Waals surface area contributed by atoms with E-state index in [0.29, 0.717) is 5.13 Å². The van der Waals surface area contributed by atoms with Crippen LogP contribution < -0.4 is 5.32 Å². The number of nitrogens with zero attached hydrogens (tertiary/aromatic N) is 1. The van der Waals surface area contributed by atoms with Crippen molar-refractivity contribution in [1.29, 1.82) is 0 Å². The summed E-state index contributed by atoms with van der Waals surface area (Å²) in [6.07, 6.45) is 3.29. The van der Waals surface area contributed by atoms with Crippen molar-refractivity contribution in [2.45, 2.75) is 0 Å². The first-order chi connectivity index (χ1) is 8.83. The molecule has 0 bridgehead atoms. The maximum Gasteiger partial charge on any atom is 0.293 e. The van der Waals surface area contributed by atoms with Crippen molar-refractivity contribution in [1.82, 2.24) is 9.97 Å². The zero-order valence-corrected chi connectivity index (χ0v) is 10.0. The third kappa shape index (κ3) is 2.05. The van der Waals surface area contributed by atoms with Crippen LogP contribution in [0.25, 0.3) is 11.4 Å². The predicted octanol–water partition coefficient (Wildman–Crippen LogP) is 2.98. The maximum atomic E-state index is 11.7. The van der Waals surface area contributed by atoms with Gasteiger partial charge in [-0.05, 0) is 24.3 Å². The summed E-state index contributed by atoms with van der Waals surface area (Å²) in [6, 6.07) is 7.10. The van der Waals surface area contributed by atoms with Gasteiger partial charge in [-0.3, -0.25) is 10.1 Å². The molecule has 0 saturated heterocycles. The van der Waals surface area contributed by atoms with E-state index < -0.39 is 0 Å². The minimum atomic E-state index is -0.299. The van der Waals surface area contributed by atoms with Gasteiger partial charge in [-0.25, -0.2) is 4.98 Å². The third-order valence-electron chi connectivity index (χ3n) is 2.34. The molecule has 18 heavy (non-hydrogen) atoms. The van der Waals surface area contributed by atoms with Gasteiger partial charge in [-0.2, -0.15) is 0 Å². The largest absolute Gasteiger partial charge is 0.459 e. The first-order valence-electron chi connectivity index (χ1n) is 5.27. The molecule has 0 aliphatic carbocycles. The van der Waals surface area contributed by atoms with Crippen molar-refractivity contribution in [3.63, 3.8) is 0 Å². The van der Waals surface area contributed by atoms with Gasteiger partial charge in [0.05, 0.1) is 17.7 Å². The topological polar surface area (TPSA) is 70.9 Å². The van der Waals surface area contributed by atoms with Crippen molar-refractivity contribution < 1.29 is 9.21 Å². The summed E-state index contributed by atoms with van der Waals surface area (Å²) in [5, 5.41) is 5.11. The summed E-state index contributed by atoms with van der Waals surface area (Å²) >= 11 is 1.37. The van der Waals surface area contributed by atoms with Gasteiger partial charge in [0.15, 0.2) is 10.9 Å². The fraction of sp³-hybridized carbons (Fsp3) is 0. The second-order valence-electron chi connectivity index (χ2n) is 3.55. The van der Waals surface area contributed by atoms with Crippen molar-refractivity contribution >= 4 is 22.4 Å². The molecular weight excluding hydrogens is 250 g/mol. The number of hydrogen-bond donors (Lipinski definition) is 2. The molecule has 3 heterocycles. The van der Waals surface area contributed by atoms with Gasteiger partial charge < -0.3 is 9.40 Å². The summed E-state index contributed by atoms with van der Waals surface area (Å²) in [7, 11) is 0. The third-order valence-corrected chi connectivity index (χ3v) is 3.10. The van der Waals surface area contributed by atoms with Crippen molar-refractivity contribution in [3.8, 4) is 11.4 Å². The monoisotopic (exact) mass is 259 g/mol. The van der Waals surface area contributed by atoms with Crippen LogP contribution in [0.3, 0.4) is 0 Å². The minimum Gasteiger partial charge on any atom is -0.459 e. The van der Waals surface area contributed by atoms with E-state index in [0.717, 1.165) is 11.4 Å². The van der Waals surface area contributed by atoms with Crippen LogP contribution in [0, 0.1) is 0 Å². The number of carbonyl (C=O) groups excluding carboxylic acids is 1. The lowest BCUT2D eigenvalue weighted by atomic mass is 10.3. The number of carbonyl (C=O) groups is 1. The smallest absolute Gasteiger partial charge is 0.293 e. The van der Waals surface area contributed by atoms with E-state index >= 15 is 0 Å². The molecule has 1 amide bonds. The molecule has 3 aromatic heterocycles. The van der Waals surface area contributed by atoms with Crippen LogP contribution in [-0.4, -0.2) is 15.9 Å². The zero-order valence-electron chi connectivity index (χ0n) is 9.21. The van der Waals surface area contributed by atoms with E-state index in [1.165, 1.54) is 17.6 Å². The molecule has 6 heteroatoms. The fourth-order valence-electron chi connectivity index (χ4n) is 1.51. The highest BCUT2D eigenvalue weighted by Gasteiger charge is 2.11. The lowest BCUT2D eigenvalue weighted by molar-refractivity contribution is 0.0996. The van der Waals surface area contributed by atoms with Crippen molar-refractivity contribution in [2.24, 2.45) is 0 Å². The molecule has 0 fully saturated rings. The molecule has 0 atom stereocenters. The van der Waals surface area contributed by atoms with E-state index in [1.54, 1.807) is 12.1 Å². The number of hydrogen-bond acceptors (Lipinski definition) is 4. The van der Waals surface area contributed by atoms with E-state index in [1.807, 2.05) is 23.7 Å². The van der Waals surface area contributed by atoms with Crippen LogP contribution in [0.5, 0.6) is 0 Å². The molecule has 5 nitrogen and oxygen atoms in total. The quantitative estimate of drug-likeness (QED) is 0.759. The highest BCUT2D eigenvalue weighted by atomic mass is 32.1. The number of rotatable bonds is 3. The lowest BCUT2D eigenvalue weighted by Gasteiger charge is -1.97. The van der Waals surface area contributed by atoms with E-state index in [2.05, 4.69) is 15.3 Å². The minimum absolute atomic E-state index is 0.270. The zero-order chi connectivity index (χ0) is 12.4. The molecule has 0 aliphatic heterocycles. The molecule has 90 valence electrons. The SMILES string of the molecule is O=C(Nc1nc(-c2ccc[nH]2)cs1)c1ccco1. The summed E-state index contributed by atoms with van der Waals surface area (Å²) in [5.74, 6) is -0.0287. The van der Waals surface area contributed by atoms with Crippen molar-refractivity contribution in [3.05, 3.63) is 47.9 Å². The van der Waals surface area contributed by atoms with Gasteiger partial charge in [0.25, 0.3) is 5.91 Å². The molecule has 0 saturated carbocycles. The Kier molecular flexibility index (Phi) is 2.70. The molecular formula is C12H9N3O2S. The summed E-state index contributed by atoms with van der Waals surface area (Å²) in [5.41, 5.74) is 1.73. The second kappa shape index (κ2) is 4.50. The van der Waals surface area contributed by atoms with Crippen LogP contribution in [0.2, 0.25) is 0 Å². The van der Waals surface area contributed by atoms with Gasteiger partial charge in [0, 0.05) is 11.6 Å². The van der Waals surface area contributed by atoms with Crippen LogP contribution in [0.15, 0.2) is 46.5 Å². The Hall–Kier alpha value is -2.34. The number of aromatic nitrogens is 2. The van der Waals surface area contributed by atoms with E-state index in [4.69, 9.17) is 4.42 Å². The summed E-state index contributed by atoms with van der Waals surface area (Å²) in [4.78, 5) is 19.1.